The first-order chi connectivity index (χ1) is 13.6. The lowest BCUT2D eigenvalue weighted by atomic mass is 10.1. The highest BCUT2D eigenvalue weighted by molar-refractivity contribution is 5.97. The van der Waals surface area contributed by atoms with E-state index in [1.165, 1.54) is 4.90 Å². The number of likely N-dealkylation sites (N-methyl/N-ethyl adjacent to an activating group) is 1. The van der Waals surface area contributed by atoms with Gasteiger partial charge in [0.15, 0.2) is 12.1 Å². The molecular formula is C20H22N6O2. The number of amides is 1. The Kier molecular flexibility index (Phi) is 5.14. The second-order valence-corrected chi connectivity index (χ2v) is 6.85. The minimum absolute atomic E-state index is 0.142. The molecule has 0 saturated heterocycles. The van der Waals surface area contributed by atoms with Crippen molar-refractivity contribution < 1.29 is 9.90 Å². The van der Waals surface area contributed by atoms with Gasteiger partial charge < -0.3 is 5.11 Å². The second kappa shape index (κ2) is 7.87. The van der Waals surface area contributed by atoms with Gasteiger partial charge in [0.1, 0.15) is 11.6 Å². The van der Waals surface area contributed by atoms with E-state index < -0.39 is 12.3 Å². The Bertz CT molecular complexity index is 958. The number of aliphatic hydroxyl groups excluding tert-OH is 1. The molecule has 2 aromatic heterocycles. The summed E-state index contributed by atoms with van der Waals surface area (Å²) >= 11 is 0. The largest absolute Gasteiger partial charge is 0.371 e. The number of aromatic amines is 1. The predicted octanol–water partition coefficient (Wildman–Crippen LogP) is 1.35. The van der Waals surface area contributed by atoms with E-state index in [1.54, 1.807) is 13.2 Å². The van der Waals surface area contributed by atoms with Crippen LogP contribution >= 0.6 is 0 Å². The van der Waals surface area contributed by atoms with Crippen molar-refractivity contribution in [1.82, 2.24) is 25.5 Å². The first-order valence-electron chi connectivity index (χ1n) is 9.22. The van der Waals surface area contributed by atoms with E-state index in [0.717, 1.165) is 11.1 Å². The minimum atomic E-state index is -1.14. The molecule has 8 heteroatoms. The van der Waals surface area contributed by atoms with Crippen LogP contribution in [-0.2, 0) is 17.6 Å². The number of pyridine rings is 1. The van der Waals surface area contributed by atoms with Crippen molar-refractivity contribution in [3.05, 3.63) is 71.4 Å². The van der Waals surface area contributed by atoms with E-state index in [9.17, 15) is 9.90 Å². The standard InChI is InChI=1S/C20H22N6O2/c1-26-18-14(8-5-11-21-18)9-10-15(20(26)28)22-19(27)17-23-16(24-25-17)12-13-6-3-2-4-7-13/h2-8,11,15,19,22,27H,9-10,12H2,1H3,(H,23,24,25)/t15-,19?/m1/s1. The molecular weight excluding hydrogens is 356 g/mol. The Hall–Kier alpha value is -3.10. The zero-order valence-electron chi connectivity index (χ0n) is 15.5. The summed E-state index contributed by atoms with van der Waals surface area (Å²) in [6.45, 7) is 0. The summed E-state index contributed by atoms with van der Waals surface area (Å²) < 4.78 is 0. The Balaban J connectivity index is 1.44. The van der Waals surface area contributed by atoms with Crippen LogP contribution in [0.15, 0.2) is 48.7 Å². The average molecular weight is 378 g/mol. The molecule has 0 saturated carbocycles. The van der Waals surface area contributed by atoms with Gasteiger partial charge in [0.25, 0.3) is 0 Å². The number of aromatic nitrogens is 4. The highest BCUT2D eigenvalue weighted by Crippen LogP contribution is 2.24. The predicted molar refractivity (Wildman–Crippen MR) is 103 cm³/mol. The molecule has 1 unspecified atom stereocenters. The van der Waals surface area contributed by atoms with E-state index in [0.29, 0.717) is 30.9 Å². The molecule has 0 fully saturated rings. The maximum Gasteiger partial charge on any atom is 0.245 e. The number of fused-ring (bicyclic) bond motifs is 1. The third-order valence-corrected chi connectivity index (χ3v) is 4.88. The summed E-state index contributed by atoms with van der Waals surface area (Å²) in [6.07, 6.45) is 2.37. The van der Waals surface area contributed by atoms with E-state index in [4.69, 9.17) is 0 Å². The van der Waals surface area contributed by atoms with Crippen LogP contribution in [0.25, 0.3) is 0 Å². The quantitative estimate of drug-likeness (QED) is 0.579. The maximum atomic E-state index is 12.8. The van der Waals surface area contributed by atoms with Gasteiger partial charge in [0, 0.05) is 19.7 Å². The Morgan fingerprint density at radius 2 is 2.11 bits per heavy atom. The number of hydrogen-bond acceptors (Lipinski definition) is 6. The lowest BCUT2D eigenvalue weighted by molar-refractivity contribution is -0.121. The summed E-state index contributed by atoms with van der Waals surface area (Å²) in [7, 11) is 1.70. The van der Waals surface area contributed by atoms with Gasteiger partial charge in [0.2, 0.25) is 5.91 Å². The molecule has 0 bridgehead atoms. The van der Waals surface area contributed by atoms with Crippen LogP contribution in [0.1, 0.15) is 35.4 Å². The van der Waals surface area contributed by atoms with Crippen LogP contribution in [0.2, 0.25) is 0 Å². The third-order valence-electron chi connectivity index (χ3n) is 4.88. The molecule has 1 aromatic carbocycles. The molecule has 1 amide bonds. The average Bonchev–Trinajstić information content (AvgIpc) is 3.15. The fraction of sp³-hybridized carbons (Fsp3) is 0.300. The van der Waals surface area contributed by atoms with Crippen LogP contribution in [0.3, 0.4) is 0 Å². The van der Waals surface area contributed by atoms with Crippen LogP contribution in [0.4, 0.5) is 5.82 Å². The molecule has 4 rings (SSSR count). The molecule has 2 atom stereocenters. The number of carbonyl (C=O) groups excluding carboxylic acids is 1. The lowest BCUT2D eigenvalue weighted by Crippen LogP contribution is -2.46. The van der Waals surface area contributed by atoms with Gasteiger partial charge >= 0.3 is 0 Å². The molecule has 1 aliphatic heterocycles. The third kappa shape index (κ3) is 3.78. The SMILES string of the molecule is CN1C(=O)[C@H](NC(O)c2n[nH]c(Cc3ccccc3)n2)CCc2cccnc21. The Morgan fingerprint density at radius 3 is 2.93 bits per heavy atom. The molecule has 3 aromatic rings. The zero-order valence-corrected chi connectivity index (χ0v) is 15.5. The molecule has 1 aliphatic rings. The van der Waals surface area contributed by atoms with Gasteiger partial charge in [-0.25, -0.2) is 9.97 Å². The van der Waals surface area contributed by atoms with Crippen molar-refractivity contribution in [2.45, 2.75) is 31.5 Å². The van der Waals surface area contributed by atoms with Gasteiger partial charge in [-0.15, -0.1) is 0 Å². The molecule has 0 radical (unpaired) electrons. The summed E-state index contributed by atoms with van der Waals surface area (Å²) in [5.41, 5.74) is 2.11. The van der Waals surface area contributed by atoms with Gasteiger partial charge in [-0.1, -0.05) is 36.4 Å². The molecule has 0 aliphatic carbocycles. The highest BCUT2D eigenvalue weighted by atomic mass is 16.3. The van der Waals surface area contributed by atoms with Crippen LogP contribution in [-0.4, -0.2) is 44.3 Å². The second-order valence-electron chi connectivity index (χ2n) is 6.85. The van der Waals surface area contributed by atoms with E-state index in [1.807, 2.05) is 42.5 Å². The van der Waals surface area contributed by atoms with Gasteiger partial charge in [-0.3, -0.25) is 20.1 Å². The lowest BCUT2D eigenvalue weighted by Gasteiger charge is -2.22. The number of anilines is 1. The van der Waals surface area contributed by atoms with Crippen LogP contribution < -0.4 is 10.2 Å². The first-order valence-corrected chi connectivity index (χ1v) is 9.22. The van der Waals surface area contributed by atoms with Crippen molar-refractivity contribution in [2.75, 3.05) is 11.9 Å². The molecule has 3 N–H and O–H groups in total. The molecule has 28 heavy (non-hydrogen) atoms. The smallest absolute Gasteiger partial charge is 0.245 e. The van der Waals surface area contributed by atoms with Gasteiger partial charge in [-0.2, -0.15) is 5.10 Å². The van der Waals surface area contributed by atoms with Crippen molar-refractivity contribution in [1.29, 1.82) is 0 Å². The number of carbonyl (C=O) groups is 1. The zero-order chi connectivity index (χ0) is 19.5. The van der Waals surface area contributed by atoms with E-state index in [2.05, 4.69) is 25.5 Å². The number of H-pyrrole nitrogens is 1. The first kappa shape index (κ1) is 18.3. The maximum absolute atomic E-state index is 12.8. The van der Waals surface area contributed by atoms with Crippen LogP contribution in [0.5, 0.6) is 0 Å². The molecule has 3 heterocycles. The summed E-state index contributed by atoms with van der Waals surface area (Å²) in [4.78, 5) is 23.0. The Morgan fingerprint density at radius 1 is 1.29 bits per heavy atom. The van der Waals surface area contributed by atoms with E-state index in [-0.39, 0.29) is 11.7 Å². The van der Waals surface area contributed by atoms with Crippen molar-refractivity contribution >= 4 is 11.7 Å². The molecule has 144 valence electrons. The number of benzene rings is 1. The summed E-state index contributed by atoms with van der Waals surface area (Å²) in [6, 6.07) is 13.2. The fourth-order valence-corrected chi connectivity index (χ4v) is 3.41. The van der Waals surface area contributed by atoms with Crippen molar-refractivity contribution in [2.24, 2.45) is 0 Å². The number of aliphatic hydroxyl groups is 1. The highest BCUT2D eigenvalue weighted by Gasteiger charge is 2.31. The fourth-order valence-electron chi connectivity index (χ4n) is 3.41. The summed E-state index contributed by atoms with van der Waals surface area (Å²) in [5.74, 6) is 1.40. The normalized spacial score (nSPS) is 17.9. The van der Waals surface area contributed by atoms with Crippen molar-refractivity contribution in [3.63, 3.8) is 0 Å². The van der Waals surface area contributed by atoms with Gasteiger partial charge in [-0.05, 0) is 30.0 Å². The number of hydrogen-bond donors (Lipinski definition) is 3. The van der Waals surface area contributed by atoms with Crippen molar-refractivity contribution in [3.8, 4) is 0 Å². The van der Waals surface area contributed by atoms with E-state index >= 15 is 0 Å². The van der Waals surface area contributed by atoms with Gasteiger partial charge in [0.05, 0.1) is 6.04 Å². The monoisotopic (exact) mass is 378 g/mol. The Labute approximate surface area is 162 Å². The number of rotatable bonds is 5. The van der Waals surface area contributed by atoms with Crippen LogP contribution in [0, 0.1) is 0 Å². The number of nitrogens with zero attached hydrogens (tertiary/aromatic N) is 4. The number of aryl methyl sites for hydroxylation is 1. The topological polar surface area (TPSA) is 107 Å². The molecule has 0 spiro atoms. The molecule has 8 nitrogen and oxygen atoms in total. The minimum Gasteiger partial charge on any atom is -0.371 e. The number of nitrogens with one attached hydrogen (secondary N) is 2. The summed E-state index contributed by atoms with van der Waals surface area (Å²) in [5, 5.41) is 20.4.